The van der Waals surface area contributed by atoms with E-state index in [9.17, 15) is 0 Å². The smallest absolute Gasteiger partial charge is 0.232 e. The molecular formula is C16H19N9OS. The van der Waals surface area contributed by atoms with Gasteiger partial charge in [-0.3, -0.25) is 4.57 Å². The third-order valence-corrected chi connectivity index (χ3v) is 4.90. The molecule has 3 heterocycles. The van der Waals surface area contributed by atoms with Crippen LogP contribution in [0.25, 0.3) is 5.69 Å². The molecule has 0 radical (unpaired) electrons. The Bertz CT molecular complexity index is 891. The minimum absolute atomic E-state index is 0.108. The molecule has 1 saturated heterocycles. The van der Waals surface area contributed by atoms with Crippen molar-refractivity contribution in [3.05, 3.63) is 36.2 Å². The monoisotopic (exact) mass is 385 g/mol. The van der Waals surface area contributed by atoms with Crippen molar-refractivity contribution in [2.45, 2.75) is 10.9 Å². The van der Waals surface area contributed by atoms with Gasteiger partial charge in [-0.2, -0.15) is 15.0 Å². The summed E-state index contributed by atoms with van der Waals surface area (Å²) in [6, 6.07) is 10.00. The van der Waals surface area contributed by atoms with Crippen molar-refractivity contribution in [2.75, 3.05) is 42.7 Å². The quantitative estimate of drug-likeness (QED) is 0.606. The van der Waals surface area contributed by atoms with Crippen LogP contribution < -0.4 is 16.4 Å². The van der Waals surface area contributed by atoms with Crippen molar-refractivity contribution in [3.8, 4) is 5.69 Å². The molecule has 2 aromatic heterocycles. The Hall–Kier alpha value is -2.92. The van der Waals surface area contributed by atoms with Gasteiger partial charge in [0.2, 0.25) is 17.8 Å². The fourth-order valence-electron chi connectivity index (χ4n) is 2.78. The molecule has 1 aromatic carbocycles. The molecule has 0 bridgehead atoms. The molecule has 0 atom stereocenters. The summed E-state index contributed by atoms with van der Waals surface area (Å²) in [4.78, 5) is 14.2. The zero-order chi connectivity index (χ0) is 18.6. The number of benzene rings is 1. The lowest BCUT2D eigenvalue weighted by molar-refractivity contribution is 0.122. The van der Waals surface area contributed by atoms with Crippen molar-refractivity contribution in [3.63, 3.8) is 0 Å². The summed E-state index contributed by atoms with van der Waals surface area (Å²) in [7, 11) is 0. The highest BCUT2D eigenvalue weighted by Gasteiger charge is 2.22. The first-order valence-corrected chi connectivity index (χ1v) is 9.41. The number of rotatable bonds is 5. The molecule has 0 spiro atoms. The minimum atomic E-state index is 0.108. The summed E-state index contributed by atoms with van der Waals surface area (Å²) in [5.41, 5.74) is 12.3. The lowest BCUT2D eigenvalue weighted by Gasteiger charge is -2.27. The summed E-state index contributed by atoms with van der Waals surface area (Å²) in [6.45, 7) is 2.90. The van der Waals surface area contributed by atoms with Crippen LogP contribution in [-0.2, 0) is 10.5 Å². The molecule has 0 amide bonds. The van der Waals surface area contributed by atoms with Crippen LogP contribution in [0.5, 0.6) is 0 Å². The van der Waals surface area contributed by atoms with Crippen LogP contribution in [0.15, 0.2) is 35.5 Å². The van der Waals surface area contributed by atoms with Gasteiger partial charge in [-0.25, -0.2) is 0 Å². The topological polar surface area (TPSA) is 134 Å². The standard InChI is InChI=1S/C16H19N9OS/c17-13-19-12(20-14(18)21-13)10-27-16-23-22-15(24-6-8-26-9-7-24)25(16)11-4-2-1-3-5-11/h1-5H,6-10H2,(H4,17,18,19,20,21). The van der Waals surface area contributed by atoms with Gasteiger partial charge in [0.1, 0.15) is 5.82 Å². The van der Waals surface area contributed by atoms with Gasteiger partial charge in [0, 0.05) is 13.1 Å². The highest BCUT2D eigenvalue weighted by molar-refractivity contribution is 7.98. The van der Waals surface area contributed by atoms with Gasteiger partial charge in [0.15, 0.2) is 5.16 Å². The van der Waals surface area contributed by atoms with Gasteiger partial charge in [-0.05, 0) is 12.1 Å². The Balaban J connectivity index is 1.64. The maximum atomic E-state index is 5.65. The van der Waals surface area contributed by atoms with Crippen LogP contribution in [0.1, 0.15) is 5.82 Å². The molecule has 1 aliphatic heterocycles. The van der Waals surface area contributed by atoms with Crippen LogP contribution in [0.3, 0.4) is 0 Å². The van der Waals surface area contributed by atoms with Crippen molar-refractivity contribution < 1.29 is 4.74 Å². The number of ether oxygens (including phenoxy) is 1. The highest BCUT2D eigenvalue weighted by atomic mass is 32.2. The lowest BCUT2D eigenvalue weighted by Crippen LogP contribution is -2.37. The summed E-state index contributed by atoms with van der Waals surface area (Å²) < 4.78 is 7.48. The highest BCUT2D eigenvalue weighted by Crippen LogP contribution is 2.28. The fourth-order valence-corrected chi connectivity index (χ4v) is 3.58. The van der Waals surface area contributed by atoms with Gasteiger partial charge in [0.05, 0.1) is 24.7 Å². The van der Waals surface area contributed by atoms with E-state index in [1.54, 1.807) is 0 Å². The molecule has 3 aromatic rings. The molecule has 11 heteroatoms. The Morgan fingerprint density at radius 3 is 2.37 bits per heavy atom. The van der Waals surface area contributed by atoms with Crippen molar-refractivity contribution in [1.82, 2.24) is 29.7 Å². The lowest BCUT2D eigenvalue weighted by atomic mass is 10.3. The van der Waals surface area contributed by atoms with E-state index in [1.165, 1.54) is 11.8 Å². The van der Waals surface area contributed by atoms with Crippen molar-refractivity contribution in [1.29, 1.82) is 0 Å². The zero-order valence-electron chi connectivity index (χ0n) is 14.5. The SMILES string of the molecule is Nc1nc(N)nc(CSc2nnc(N3CCOCC3)n2-c2ccccc2)n1. The van der Waals surface area contributed by atoms with Crippen molar-refractivity contribution in [2.24, 2.45) is 0 Å². The Morgan fingerprint density at radius 1 is 0.963 bits per heavy atom. The summed E-state index contributed by atoms with van der Waals surface area (Å²) in [6.07, 6.45) is 0. The average molecular weight is 385 g/mol. The maximum absolute atomic E-state index is 5.65. The number of para-hydroxylation sites is 1. The van der Waals surface area contributed by atoms with E-state index in [0.29, 0.717) is 24.8 Å². The number of nitrogens with two attached hydrogens (primary N) is 2. The molecule has 0 unspecified atom stereocenters. The number of anilines is 3. The van der Waals surface area contributed by atoms with Crippen LogP contribution >= 0.6 is 11.8 Å². The van der Waals surface area contributed by atoms with Crippen LogP contribution in [-0.4, -0.2) is 56.0 Å². The third-order valence-electron chi connectivity index (χ3n) is 3.97. The van der Waals surface area contributed by atoms with Gasteiger partial charge in [-0.1, -0.05) is 30.0 Å². The number of hydrogen-bond acceptors (Lipinski definition) is 10. The minimum Gasteiger partial charge on any atom is -0.378 e. The Kier molecular flexibility index (Phi) is 5.03. The summed E-state index contributed by atoms with van der Waals surface area (Å²) >= 11 is 1.46. The average Bonchev–Trinajstić information content (AvgIpc) is 3.11. The Morgan fingerprint density at radius 2 is 1.67 bits per heavy atom. The number of aromatic nitrogens is 6. The van der Waals surface area contributed by atoms with Crippen LogP contribution in [0, 0.1) is 0 Å². The molecule has 27 heavy (non-hydrogen) atoms. The molecule has 1 aliphatic rings. The predicted molar refractivity (Wildman–Crippen MR) is 103 cm³/mol. The normalized spacial score (nSPS) is 14.4. The Labute approximate surface area is 160 Å². The number of hydrogen-bond donors (Lipinski definition) is 2. The van der Waals surface area contributed by atoms with Crippen LogP contribution in [0.2, 0.25) is 0 Å². The largest absolute Gasteiger partial charge is 0.378 e. The molecule has 4 rings (SSSR count). The van der Waals surface area contributed by atoms with E-state index < -0.39 is 0 Å². The van der Waals surface area contributed by atoms with E-state index in [-0.39, 0.29) is 11.9 Å². The first-order valence-electron chi connectivity index (χ1n) is 8.43. The summed E-state index contributed by atoms with van der Waals surface area (Å²) in [5.74, 6) is 1.96. The van der Waals surface area contributed by atoms with E-state index in [1.807, 2.05) is 34.9 Å². The van der Waals surface area contributed by atoms with E-state index >= 15 is 0 Å². The van der Waals surface area contributed by atoms with Crippen LogP contribution in [0.4, 0.5) is 17.8 Å². The predicted octanol–water partition coefficient (Wildman–Crippen LogP) is 0.746. The number of thioether (sulfide) groups is 1. The third kappa shape index (κ3) is 3.93. The zero-order valence-corrected chi connectivity index (χ0v) is 15.3. The molecule has 0 aliphatic carbocycles. The van der Waals surface area contributed by atoms with E-state index in [0.717, 1.165) is 29.9 Å². The van der Waals surface area contributed by atoms with Gasteiger partial charge in [-0.15, -0.1) is 10.2 Å². The second-order valence-corrected chi connectivity index (χ2v) is 6.75. The molecule has 0 saturated carbocycles. The maximum Gasteiger partial charge on any atom is 0.232 e. The van der Waals surface area contributed by atoms with Gasteiger partial charge >= 0.3 is 0 Å². The molecule has 10 nitrogen and oxygen atoms in total. The summed E-state index contributed by atoms with van der Waals surface area (Å²) in [5, 5.41) is 9.55. The first kappa shape index (κ1) is 17.5. The van der Waals surface area contributed by atoms with E-state index in [4.69, 9.17) is 16.2 Å². The first-order chi connectivity index (χ1) is 13.2. The molecule has 1 fully saturated rings. The number of morpholine rings is 1. The number of nitrogen functional groups attached to an aromatic ring is 2. The van der Waals surface area contributed by atoms with Crippen molar-refractivity contribution >= 4 is 29.6 Å². The second kappa shape index (κ2) is 7.76. The van der Waals surface area contributed by atoms with Gasteiger partial charge in [0.25, 0.3) is 0 Å². The molecular weight excluding hydrogens is 366 g/mol. The number of nitrogens with zero attached hydrogens (tertiary/aromatic N) is 7. The van der Waals surface area contributed by atoms with Gasteiger partial charge < -0.3 is 21.1 Å². The second-order valence-electron chi connectivity index (χ2n) is 5.81. The fraction of sp³-hybridized carbons (Fsp3) is 0.312. The molecule has 4 N–H and O–H groups in total. The molecule has 140 valence electrons. The van der Waals surface area contributed by atoms with E-state index in [2.05, 4.69) is 30.0 Å².